The number of hydrogen-bond acceptors (Lipinski definition) is 15. The fourth-order valence-electron chi connectivity index (χ4n) is 11.8. The highest BCUT2D eigenvalue weighted by Gasteiger charge is 2.30. The lowest BCUT2D eigenvalue weighted by Gasteiger charge is -2.21. The lowest BCUT2D eigenvalue weighted by molar-refractivity contribution is -0.161. The summed E-state index contributed by atoms with van der Waals surface area (Å²) in [5, 5.41) is 10.6. The van der Waals surface area contributed by atoms with Crippen molar-refractivity contribution < 1.29 is 80.2 Å². The number of esters is 4. The SMILES string of the molecule is CCC(C)CCCCCCCCCCC(=O)OC[C@H](COP(=O)(O)OC[C@H](O)COP(=O)(O)OC[C@@H](COC(=O)CCCCCCCCCCCC(C)C)OC(=O)CCCCCCCCCCCCCCCCCCCCC(C)C)OC(=O)CCCCCCCCCCC(C)CC. The van der Waals surface area contributed by atoms with Gasteiger partial charge in [-0.15, -0.1) is 0 Å². The third-order valence-electron chi connectivity index (χ3n) is 18.8. The Kier molecular flexibility index (Phi) is 65.9. The summed E-state index contributed by atoms with van der Waals surface area (Å²) in [7, 11) is -9.92. The highest BCUT2D eigenvalue weighted by molar-refractivity contribution is 7.47. The van der Waals surface area contributed by atoms with Crippen molar-refractivity contribution in [1.29, 1.82) is 0 Å². The first-order valence-electron chi connectivity index (χ1n) is 40.3. The largest absolute Gasteiger partial charge is 0.472 e. The average Bonchev–Trinajstić information content (AvgIpc) is 1.32. The second-order valence-electron chi connectivity index (χ2n) is 29.5. The fraction of sp³-hybridized carbons (Fsp3) is 0.949. The number of unbranched alkanes of at least 4 members (excludes halogenated alkanes) is 39. The van der Waals surface area contributed by atoms with Crippen LogP contribution in [0.25, 0.3) is 0 Å². The number of phosphoric ester groups is 2. The van der Waals surface area contributed by atoms with Gasteiger partial charge in [0.05, 0.1) is 26.4 Å². The number of carbonyl (C=O) groups excluding carboxylic acids is 4. The highest BCUT2D eigenvalue weighted by Crippen LogP contribution is 2.45. The lowest BCUT2D eigenvalue weighted by atomic mass is 9.99. The second-order valence-corrected chi connectivity index (χ2v) is 32.4. The van der Waals surface area contributed by atoms with Gasteiger partial charge >= 0.3 is 39.5 Å². The van der Waals surface area contributed by atoms with Crippen molar-refractivity contribution in [3.63, 3.8) is 0 Å². The third kappa shape index (κ3) is 69.5. The molecule has 19 heteroatoms. The molecule has 0 saturated carbocycles. The molecule has 0 saturated heterocycles. The van der Waals surface area contributed by atoms with Crippen molar-refractivity contribution in [3.05, 3.63) is 0 Å². The minimum absolute atomic E-state index is 0.104. The van der Waals surface area contributed by atoms with Gasteiger partial charge in [0.1, 0.15) is 19.3 Å². The van der Waals surface area contributed by atoms with Crippen LogP contribution in [0.2, 0.25) is 0 Å². The summed E-state index contributed by atoms with van der Waals surface area (Å²) < 4.78 is 68.6. The molecule has 0 bridgehead atoms. The van der Waals surface area contributed by atoms with Gasteiger partial charge in [-0.05, 0) is 49.4 Å². The molecule has 0 fully saturated rings. The van der Waals surface area contributed by atoms with Crippen LogP contribution >= 0.6 is 15.6 Å². The Morgan fingerprint density at radius 2 is 0.495 bits per heavy atom. The summed E-state index contributed by atoms with van der Waals surface area (Å²) in [4.78, 5) is 72.9. The van der Waals surface area contributed by atoms with Crippen molar-refractivity contribution in [2.45, 2.75) is 414 Å². The van der Waals surface area contributed by atoms with Gasteiger partial charge in [-0.25, -0.2) is 9.13 Å². The summed E-state index contributed by atoms with van der Waals surface area (Å²) in [5.41, 5.74) is 0. The van der Waals surface area contributed by atoms with Crippen LogP contribution in [0, 0.1) is 23.7 Å². The Bertz CT molecular complexity index is 1910. The number of rotatable bonds is 75. The van der Waals surface area contributed by atoms with E-state index in [2.05, 4.69) is 55.4 Å². The Balaban J connectivity index is 5.22. The van der Waals surface area contributed by atoms with Crippen molar-refractivity contribution in [2.24, 2.45) is 23.7 Å². The molecule has 0 aromatic heterocycles. The molecule has 0 amide bonds. The van der Waals surface area contributed by atoms with Crippen LogP contribution in [0.5, 0.6) is 0 Å². The zero-order valence-corrected chi connectivity index (χ0v) is 65.5. The van der Waals surface area contributed by atoms with Gasteiger partial charge < -0.3 is 33.8 Å². The van der Waals surface area contributed by atoms with Crippen LogP contribution in [-0.4, -0.2) is 96.7 Å². The summed E-state index contributed by atoms with van der Waals surface area (Å²) in [6.45, 7) is 14.2. The van der Waals surface area contributed by atoms with E-state index < -0.39 is 97.5 Å². The van der Waals surface area contributed by atoms with Crippen LogP contribution in [0.15, 0.2) is 0 Å². The van der Waals surface area contributed by atoms with E-state index >= 15 is 0 Å². The van der Waals surface area contributed by atoms with E-state index in [1.807, 2.05) is 0 Å². The second kappa shape index (κ2) is 67.2. The van der Waals surface area contributed by atoms with Crippen LogP contribution in [0.3, 0.4) is 0 Å². The quantitative estimate of drug-likeness (QED) is 0.0222. The lowest BCUT2D eigenvalue weighted by Crippen LogP contribution is -2.30. The molecule has 0 radical (unpaired) electrons. The van der Waals surface area contributed by atoms with Crippen LogP contribution < -0.4 is 0 Å². The first-order valence-corrected chi connectivity index (χ1v) is 43.3. The molecule has 4 unspecified atom stereocenters. The number of phosphoric acid groups is 2. The number of ether oxygens (including phenoxy) is 4. The van der Waals surface area contributed by atoms with Gasteiger partial charge in [0.15, 0.2) is 12.2 Å². The molecule has 0 aromatic rings. The van der Waals surface area contributed by atoms with Gasteiger partial charge in [-0.2, -0.15) is 0 Å². The van der Waals surface area contributed by atoms with Crippen molar-refractivity contribution in [2.75, 3.05) is 39.6 Å². The van der Waals surface area contributed by atoms with Crippen LogP contribution in [0.4, 0.5) is 0 Å². The molecule has 0 aliphatic heterocycles. The zero-order chi connectivity index (χ0) is 71.7. The predicted molar refractivity (Wildman–Crippen MR) is 395 cm³/mol. The average molecular weight is 1420 g/mol. The van der Waals surface area contributed by atoms with Crippen LogP contribution in [-0.2, 0) is 65.4 Å². The Labute approximate surface area is 594 Å². The van der Waals surface area contributed by atoms with Gasteiger partial charge in [-0.1, -0.05) is 344 Å². The van der Waals surface area contributed by atoms with E-state index in [9.17, 15) is 43.2 Å². The molecule has 7 atom stereocenters. The number of aliphatic hydroxyl groups excluding tert-OH is 1. The van der Waals surface area contributed by atoms with Crippen molar-refractivity contribution >= 4 is 39.5 Å². The maximum absolute atomic E-state index is 13.1. The molecular weight excluding hydrogens is 1270 g/mol. The summed E-state index contributed by atoms with van der Waals surface area (Å²) in [6, 6.07) is 0. The minimum Gasteiger partial charge on any atom is -0.462 e. The number of carbonyl (C=O) groups is 4. The standard InChI is InChI=1S/C78H152O17P2/c1-9-70(7)56-48-40-32-26-28-35-43-51-59-76(81)89-65-74(95-78(83)61-53-45-37-29-27-33-41-49-57-71(8)10-2)67-93-97(86,87)91-63-72(79)62-90-96(84,85)92-66-73(64-88-75(80)58-50-42-34-25-21-23-31-39-47-55-69(5)6)94-77(82)60-52-44-36-24-20-18-16-14-12-11-13-15-17-19-22-30-38-46-54-68(3)4/h68-74,79H,9-67H2,1-8H3,(H,84,85)(H,86,87)/t70?,71?,72-,73-,74-/m1/s1. The fourth-order valence-corrected chi connectivity index (χ4v) is 13.4. The normalized spacial score (nSPS) is 14.6. The third-order valence-corrected chi connectivity index (χ3v) is 20.7. The van der Waals surface area contributed by atoms with E-state index in [1.54, 1.807) is 0 Å². The van der Waals surface area contributed by atoms with E-state index in [1.165, 1.54) is 199 Å². The maximum Gasteiger partial charge on any atom is 0.472 e. The summed E-state index contributed by atoms with van der Waals surface area (Å²) in [5.74, 6) is 0.991. The molecule has 576 valence electrons. The van der Waals surface area contributed by atoms with E-state index in [-0.39, 0.29) is 25.7 Å². The van der Waals surface area contributed by atoms with E-state index in [0.717, 1.165) is 114 Å². The summed E-state index contributed by atoms with van der Waals surface area (Å²) >= 11 is 0. The molecule has 3 N–H and O–H groups in total. The molecule has 0 spiro atoms. The number of aliphatic hydroxyl groups is 1. The van der Waals surface area contributed by atoms with E-state index in [4.69, 9.17) is 37.0 Å². The van der Waals surface area contributed by atoms with Crippen LogP contribution in [0.1, 0.15) is 396 Å². The Morgan fingerprint density at radius 3 is 0.732 bits per heavy atom. The molecule has 0 heterocycles. The molecule has 0 aliphatic rings. The van der Waals surface area contributed by atoms with E-state index in [0.29, 0.717) is 25.7 Å². The number of hydrogen-bond donors (Lipinski definition) is 3. The molecule has 0 aliphatic carbocycles. The summed E-state index contributed by atoms with van der Waals surface area (Å²) in [6.07, 6.45) is 52.7. The zero-order valence-electron chi connectivity index (χ0n) is 63.7. The Morgan fingerprint density at radius 1 is 0.289 bits per heavy atom. The van der Waals surface area contributed by atoms with Gasteiger partial charge in [0, 0.05) is 25.7 Å². The molecular formula is C78H152O17P2. The smallest absolute Gasteiger partial charge is 0.462 e. The first kappa shape index (κ1) is 95.1. The first-order chi connectivity index (χ1) is 46.7. The predicted octanol–water partition coefficient (Wildman–Crippen LogP) is 22.8. The van der Waals surface area contributed by atoms with Gasteiger partial charge in [0.2, 0.25) is 0 Å². The monoisotopic (exact) mass is 1420 g/mol. The molecule has 97 heavy (non-hydrogen) atoms. The van der Waals surface area contributed by atoms with Crippen molar-refractivity contribution in [3.8, 4) is 0 Å². The molecule has 17 nitrogen and oxygen atoms in total. The highest BCUT2D eigenvalue weighted by atomic mass is 31.2. The van der Waals surface area contributed by atoms with Crippen molar-refractivity contribution in [1.82, 2.24) is 0 Å². The minimum atomic E-state index is -4.96. The Hall–Kier alpha value is -1.94. The maximum atomic E-state index is 13.1. The topological polar surface area (TPSA) is 237 Å². The van der Waals surface area contributed by atoms with Gasteiger partial charge in [0.25, 0.3) is 0 Å². The van der Waals surface area contributed by atoms with Gasteiger partial charge in [-0.3, -0.25) is 37.3 Å². The molecule has 0 aromatic carbocycles. The molecule has 0 rings (SSSR count).